The Morgan fingerprint density at radius 2 is 2.05 bits per heavy atom. The molecule has 0 N–H and O–H groups in total. The van der Waals surface area contributed by atoms with E-state index in [1.165, 1.54) is 18.7 Å². The van der Waals surface area contributed by atoms with Gasteiger partial charge in [0.25, 0.3) is 0 Å². The van der Waals surface area contributed by atoms with Crippen LogP contribution in [0.15, 0.2) is 24.8 Å². The first-order chi connectivity index (χ1) is 9.79. The third-order valence-electron chi connectivity index (χ3n) is 4.01. The molecule has 1 saturated heterocycles. The summed E-state index contributed by atoms with van der Waals surface area (Å²) in [4.78, 5) is 15.7. The molecular formula is C15H21N5. The van der Waals surface area contributed by atoms with E-state index in [4.69, 9.17) is 0 Å². The highest BCUT2D eigenvalue weighted by molar-refractivity contribution is 5.42. The van der Waals surface area contributed by atoms with Crippen LogP contribution in [-0.4, -0.2) is 32.6 Å². The number of rotatable bonds is 3. The Balaban J connectivity index is 1.82. The van der Waals surface area contributed by atoms with Crippen LogP contribution in [0.1, 0.15) is 37.3 Å². The third kappa shape index (κ3) is 2.40. The number of aryl methyl sites for hydroxylation is 2. The van der Waals surface area contributed by atoms with Gasteiger partial charge in [0.1, 0.15) is 11.6 Å². The summed E-state index contributed by atoms with van der Waals surface area (Å²) < 4.78 is 2.33. The summed E-state index contributed by atoms with van der Waals surface area (Å²) in [5.74, 6) is 2.20. The number of piperidine rings is 1. The van der Waals surface area contributed by atoms with Crippen LogP contribution in [-0.2, 0) is 6.42 Å². The Bertz CT molecular complexity index is 577. The molecule has 2 aromatic rings. The Kier molecular flexibility index (Phi) is 3.67. The predicted octanol–water partition coefficient (Wildman–Crippen LogP) is 2.39. The maximum atomic E-state index is 4.50. The number of nitrogens with zero attached hydrogens (tertiary/aromatic N) is 5. The maximum absolute atomic E-state index is 4.50. The zero-order chi connectivity index (χ0) is 13.9. The monoisotopic (exact) mass is 271 g/mol. The van der Waals surface area contributed by atoms with Crippen LogP contribution in [0.5, 0.6) is 0 Å². The molecule has 1 atom stereocenters. The first-order valence-electron chi connectivity index (χ1n) is 7.34. The molecule has 0 aromatic carbocycles. The van der Waals surface area contributed by atoms with Crippen LogP contribution >= 0.6 is 0 Å². The highest BCUT2D eigenvalue weighted by atomic mass is 15.2. The van der Waals surface area contributed by atoms with Gasteiger partial charge in [-0.05, 0) is 19.8 Å². The minimum absolute atomic E-state index is 0.489. The van der Waals surface area contributed by atoms with Crippen LogP contribution in [0, 0.1) is 6.92 Å². The topological polar surface area (TPSA) is 46.8 Å². The van der Waals surface area contributed by atoms with Gasteiger partial charge in [-0.1, -0.05) is 6.92 Å². The normalized spacial score (nSPS) is 19.3. The molecule has 5 heteroatoms. The molecule has 0 aliphatic carbocycles. The van der Waals surface area contributed by atoms with Crippen molar-refractivity contribution in [2.24, 2.45) is 0 Å². The summed E-state index contributed by atoms with van der Waals surface area (Å²) in [5.41, 5.74) is 1.01. The van der Waals surface area contributed by atoms with Gasteiger partial charge < -0.3 is 9.47 Å². The molecule has 0 spiro atoms. The average molecular weight is 271 g/mol. The Morgan fingerprint density at radius 3 is 2.85 bits per heavy atom. The molecule has 0 saturated carbocycles. The number of anilines is 1. The molecule has 2 aromatic heterocycles. The van der Waals surface area contributed by atoms with E-state index >= 15 is 0 Å². The van der Waals surface area contributed by atoms with Crippen molar-refractivity contribution in [3.63, 3.8) is 0 Å². The lowest BCUT2D eigenvalue weighted by Crippen LogP contribution is -2.38. The SMILES string of the molecule is CCc1nccn1C1CCCN(c2nccnc2C)C1. The molecule has 1 fully saturated rings. The van der Waals surface area contributed by atoms with Crippen molar-refractivity contribution in [1.82, 2.24) is 19.5 Å². The van der Waals surface area contributed by atoms with Crippen molar-refractivity contribution in [3.8, 4) is 0 Å². The Labute approximate surface area is 119 Å². The van der Waals surface area contributed by atoms with E-state index in [0.717, 1.165) is 31.0 Å². The first-order valence-corrected chi connectivity index (χ1v) is 7.34. The molecule has 5 nitrogen and oxygen atoms in total. The van der Waals surface area contributed by atoms with E-state index in [1.54, 1.807) is 12.4 Å². The molecule has 0 amide bonds. The molecule has 3 heterocycles. The fourth-order valence-corrected chi connectivity index (χ4v) is 3.04. The number of hydrogen-bond acceptors (Lipinski definition) is 4. The average Bonchev–Trinajstić information content (AvgIpc) is 2.96. The lowest BCUT2D eigenvalue weighted by Gasteiger charge is -2.35. The summed E-state index contributed by atoms with van der Waals surface area (Å²) in [6.45, 7) is 6.24. The van der Waals surface area contributed by atoms with Gasteiger partial charge in [-0.25, -0.2) is 9.97 Å². The van der Waals surface area contributed by atoms with Crippen LogP contribution in [0.4, 0.5) is 5.82 Å². The third-order valence-corrected chi connectivity index (χ3v) is 4.01. The van der Waals surface area contributed by atoms with Crippen molar-refractivity contribution in [3.05, 3.63) is 36.3 Å². The smallest absolute Gasteiger partial charge is 0.150 e. The van der Waals surface area contributed by atoms with Gasteiger partial charge in [-0.3, -0.25) is 4.98 Å². The lowest BCUT2D eigenvalue weighted by atomic mass is 10.0. The molecule has 1 aliphatic rings. The number of imidazole rings is 1. The predicted molar refractivity (Wildman–Crippen MR) is 78.9 cm³/mol. The molecule has 20 heavy (non-hydrogen) atoms. The quantitative estimate of drug-likeness (QED) is 0.860. The van der Waals surface area contributed by atoms with E-state index in [1.807, 2.05) is 13.1 Å². The minimum Gasteiger partial charge on any atom is -0.353 e. The summed E-state index contributed by atoms with van der Waals surface area (Å²) in [5, 5.41) is 0. The molecule has 1 aliphatic heterocycles. The molecule has 0 radical (unpaired) electrons. The second-order valence-corrected chi connectivity index (χ2v) is 5.31. The van der Waals surface area contributed by atoms with E-state index < -0.39 is 0 Å². The first kappa shape index (κ1) is 13.1. The highest BCUT2D eigenvalue weighted by Crippen LogP contribution is 2.26. The summed E-state index contributed by atoms with van der Waals surface area (Å²) in [6.07, 6.45) is 10.9. The number of aromatic nitrogens is 4. The van der Waals surface area contributed by atoms with Gasteiger partial charge in [0.2, 0.25) is 0 Å². The van der Waals surface area contributed by atoms with Crippen molar-refractivity contribution >= 4 is 5.82 Å². The van der Waals surface area contributed by atoms with Crippen molar-refractivity contribution in [2.45, 2.75) is 39.2 Å². The minimum atomic E-state index is 0.489. The summed E-state index contributed by atoms with van der Waals surface area (Å²) in [6, 6.07) is 0.489. The lowest BCUT2D eigenvalue weighted by molar-refractivity contribution is 0.394. The maximum Gasteiger partial charge on any atom is 0.150 e. The van der Waals surface area contributed by atoms with Crippen molar-refractivity contribution < 1.29 is 0 Å². The van der Waals surface area contributed by atoms with Gasteiger partial charge >= 0.3 is 0 Å². The van der Waals surface area contributed by atoms with Gasteiger partial charge in [0.05, 0.1) is 11.7 Å². The van der Waals surface area contributed by atoms with Crippen LogP contribution in [0.3, 0.4) is 0 Å². The van der Waals surface area contributed by atoms with E-state index in [-0.39, 0.29) is 0 Å². The second kappa shape index (κ2) is 5.61. The van der Waals surface area contributed by atoms with Crippen molar-refractivity contribution in [2.75, 3.05) is 18.0 Å². The largest absolute Gasteiger partial charge is 0.353 e. The molecule has 1 unspecified atom stereocenters. The second-order valence-electron chi connectivity index (χ2n) is 5.31. The molecular weight excluding hydrogens is 250 g/mol. The van der Waals surface area contributed by atoms with Gasteiger partial charge in [-0.2, -0.15) is 0 Å². The zero-order valence-electron chi connectivity index (χ0n) is 12.2. The fourth-order valence-electron chi connectivity index (χ4n) is 3.04. The number of hydrogen-bond donors (Lipinski definition) is 0. The Hall–Kier alpha value is -1.91. The van der Waals surface area contributed by atoms with Gasteiger partial charge in [0, 0.05) is 44.3 Å². The molecule has 3 rings (SSSR count). The van der Waals surface area contributed by atoms with Gasteiger partial charge in [0.15, 0.2) is 0 Å². The van der Waals surface area contributed by atoms with E-state index in [9.17, 15) is 0 Å². The fraction of sp³-hybridized carbons (Fsp3) is 0.533. The summed E-state index contributed by atoms with van der Waals surface area (Å²) >= 11 is 0. The standard InChI is InChI=1S/C15H21N5/c1-3-14-17-8-10-20(14)13-5-4-9-19(11-13)15-12(2)16-6-7-18-15/h6-8,10,13H,3-5,9,11H2,1-2H3. The van der Waals surface area contributed by atoms with E-state index in [0.29, 0.717) is 6.04 Å². The summed E-state index contributed by atoms with van der Waals surface area (Å²) in [7, 11) is 0. The molecule has 0 bridgehead atoms. The van der Waals surface area contributed by atoms with Crippen molar-refractivity contribution in [1.29, 1.82) is 0 Å². The van der Waals surface area contributed by atoms with Gasteiger partial charge in [-0.15, -0.1) is 0 Å². The molecule has 106 valence electrons. The van der Waals surface area contributed by atoms with Crippen LogP contribution in [0.2, 0.25) is 0 Å². The van der Waals surface area contributed by atoms with E-state index in [2.05, 4.69) is 37.5 Å². The van der Waals surface area contributed by atoms with Crippen LogP contribution in [0.25, 0.3) is 0 Å². The highest BCUT2D eigenvalue weighted by Gasteiger charge is 2.24. The Morgan fingerprint density at radius 1 is 1.20 bits per heavy atom. The van der Waals surface area contributed by atoms with Crippen LogP contribution < -0.4 is 4.90 Å². The zero-order valence-corrected chi connectivity index (χ0v) is 12.2.